The number of nitrogens with two attached hydrogens (primary N) is 1. The fraction of sp³-hybridized carbons (Fsp3) is 0.500. The minimum absolute atomic E-state index is 0.0234. The van der Waals surface area contributed by atoms with Crippen LogP contribution < -0.4 is 11.3 Å². The third-order valence-corrected chi connectivity index (χ3v) is 4.84. The van der Waals surface area contributed by atoms with Crippen LogP contribution in [0.4, 0.5) is 5.95 Å². The predicted molar refractivity (Wildman–Crippen MR) is 93.8 cm³/mol. The van der Waals surface area contributed by atoms with E-state index >= 15 is 0 Å². The van der Waals surface area contributed by atoms with Gasteiger partial charge in [0.2, 0.25) is 5.95 Å². The van der Waals surface area contributed by atoms with Gasteiger partial charge in [0.15, 0.2) is 17.4 Å². The maximum absolute atomic E-state index is 11.9. The summed E-state index contributed by atoms with van der Waals surface area (Å²) in [5, 5.41) is 10.8. The summed E-state index contributed by atoms with van der Waals surface area (Å²) >= 11 is 0. The normalized spacial score (nSPS) is 27.6. The molecule has 2 aromatic rings. The third kappa shape index (κ3) is 3.75. The maximum Gasteiger partial charge on any atom is 0.325 e. The van der Waals surface area contributed by atoms with Crippen LogP contribution in [0.5, 0.6) is 0 Å². The number of ether oxygens (including phenoxy) is 2. The van der Waals surface area contributed by atoms with Crippen molar-refractivity contribution >= 4 is 24.7 Å². The molecule has 0 radical (unpaired) electrons. The first-order chi connectivity index (χ1) is 12.6. The number of nitrogens with zero attached hydrogens (tertiary/aromatic N) is 3. The summed E-state index contributed by atoms with van der Waals surface area (Å²) in [7, 11) is -2.38. The van der Waals surface area contributed by atoms with Crippen LogP contribution in [-0.4, -0.2) is 62.1 Å². The number of aliphatic hydroxyl groups is 1. The molecule has 3 rings (SSSR count). The molecule has 13 heteroatoms. The second-order valence-corrected chi connectivity index (χ2v) is 7.99. The Hall–Kier alpha value is -2.24. The van der Waals surface area contributed by atoms with E-state index in [1.807, 2.05) is 0 Å². The number of fused-ring (bicyclic) bond motifs is 1. The monoisotopic (exact) mass is 401 g/mol. The van der Waals surface area contributed by atoms with Crippen LogP contribution in [0.25, 0.3) is 11.2 Å². The number of H-pyrrole nitrogens is 1. The molecule has 2 aromatic heterocycles. The van der Waals surface area contributed by atoms with Crippen molar-refractivity contribution in [2.24, 2.45) is 5.92 Å². The van der Waals surface area contributed by atoms with Gasteiger partial charge in [0.05, 0.1) is 37.8 Å². The Balaban J connectivity index is 1.98. The first-order valence-electron chi connectivity index (χ1n) is 7.86. The molecule has 148 valence electrons. The van der Waals surface area contributed by atoms with E-state index < -0.39 is 37.5 Å². The summed E-state index contributed by atoms with van der Waals surface area (Å²) in [5.41, 5.74) is 5.19. The van der Waals surface area contributed by atoms with E-state index in [-0.39, 0.29) is 29.5 Å². The van der Waals surface area contributed by atoms with Crippen molar-refractivity contribution in [3.05, 3.63) is 29.0 Å². The molecule has 1 fully saturated rings. The largest absolute Gasteiger partial charge is 0.501 e. The van der Waals surface area contributed by atoms with Crippen molar-refractivity contribution in [1.82, 2.24) is 19.5 Å². The van der Waals surface area contributed by atoms with Crippen molar-refractivity contribution in [3.63, 3.8) is 0 Å². The van der Waals surface area contributed by atoms with Crippen LogP contribution in [0, 0.1) is 5.92 Å². The quantitative estimate of drug-likeness (QED) is 0.367. The van der Waals surface area contributed by atoms with Gasteiger partial charge in [0.1, 0.15) is 6.10 Å². The lowest BCUT2D eigenvalue weighted by atomic mass is 9.96. The minimum atomic E-state index is -3.76. The van der Waals surface area contributed by atoms with Gasteiger partial charge >= 0.3 is 7.60 Å². The van der Waals surface area contributed by atoms with Gasteiger partial charge in [-0.05, 0) is 0 Å². The fourth-order valence-electron chi connectivity index (χ4n) is 2.99. The molecule has 5 atom stereocenters. The number of nitrogens with one attached hydrogen (secondary N) is 1. The highest BCUT2D eigenvalue weighted by molar-refractivity contribution is 7.51. The van der Waals surface area contributed by atoms with Gasteiger partial charge in [-0.1, -0.05) is 6.58 Å². The molecule has 27 heavy (non-hydrogen) atoms. The van der Waals surface area contributed by atoms with Crippen molar-refractivity contribution < 1.29 is 28.6 Å². The Morgan fingerprint density at radius 3 is 2.93 bits per heavy atom. The van der Waals surface area contributed by atoms with Crippen LogP contribution in [0.2, 0.25) is 0 Å². The second-order valence-electron chi connectivity index (χ2n) is 6.13. The molecule has 0 spiro atoms. The van der Waals surface area contributed by atoms with Gasteiger partial charge in [-0.15, -0.1) is 0 Å². The number of imidazole rings is 1. The number of aromatic amines is 1. The summed E-state index contributed by atoms with van der Waals surface area (Å²) in [6.07, 6.45) is -1.76. The molecule has 0 amide bonds. The molecule has 5 N–H and O–H groups in total. The second kappa shape index (κ2) is 7.06. The van der Waals surface area contributed by atoms with E-state index in [4.69, 9.17) is 19.7 Å². The van der Waals surface area contributed by atoms with Crippen molar-refractivity contribution in [1.29, 1.82) is 0 Å². The number of hydrogen-bond acceptors (Lipinski definition) is 9. The van der Waals surface area contributed by atoms with Crippen molar-refractivity contribution in [3.8, 4) is 0 Å². The number of methoxy groups -OCH3 is 1. The minimum Gasteiger partial charge on any atom is -0.501 e. The zero-order chi connectivity index (χ0) is 19.9. The Morgan fingerprint density at radius 2 is 2.30 bits per heavy atom. The standard InChI is InChI=1S/C14H20N5O7P/c1-6(24-2)8-7(4-25-27(3,22)23)26-13(10(8)20)19-5-16-9-11(19)17-14(15)18-12(9)21/h5,7-8,10,13,20H,1,4H2,2-3H3,(H,22,23)(H3,15,17,18,21)/t7-,8-,10-,13-/m1/s1. The molecular formula is C14H20N5O7P. The zero-order valence-corrected chi connectivity index (χ0v) is 15.5. The number of hydrogen-bond donors (Lipinski definition) is 4. The van der Waals surface area contributed by atoms with Crippen LogP contribution in [0.15, 0.2) is 23.5 Å². The Bertz CT molecular complexity index is 966. The topological polar surface area (TPSA) is 175 Å². The van der Waals surface area contributed by atoms with Crippen LogP contribution in [0.1, 0.15) is 6.23 Å². The number of aliphatic hydroxyl groups excluding tert-OH is 1. The summed E-state index contributed by atoms with van der Waals surface area (Å²) in [5.74, 6) is -0.674. The zero-order valence-electron chi connectivity index (χ0n) is 14.6. The van der Waals surface area contributed by atoms with Gasteiger partial charge in [-0.25, -0.2) is 4.98 Å². The fourth-order valence-corrected chi connectivity index (χ4v) is 3.41. The van der Waals surface area contributed by atoms with Gasteiger partial charge in [-0.3, -0.25) is 18.9 Å². The summed E-state index contributed by atoms with van der Waals surface area (Å²) in [4.78, 5) is 31.6. The van der Waals surface area contributed by atoms with Gasteiger partial charge in [0, 0.05) is 6.66 Å². The number of rotatable bonds is 6. The average Bonchev–Trinajstić information content (AvgIpc) is 3.12. The Kier molecular flexibility index (Phi) is 5.10. The van der Waals surface area contributed by atoms with E-state index in [0.717, 1.165) is 6.66 Å². The lowest BCUT2D eigenvalue weighted by molar-refractivity contribution is -0.0469. The summed E-state index contributed by atoms with van der Waals surface area (Å²) < 4.78 is 28.7. The highest BCUT2D eigenvalue weighted by atomic mass is 31.2. The maximum atomic E-state index is 11.9. The number of aromatic nitrogens is 4. The lowest BCUT2D eigenvalue weighted by Crippen LogP contribution is -2.30. The molecule has 1 saturated heterocycles. The number of anilines is 1. The molecule has 0 saturated carbocycles. The van der Waals surface area contributed by atoms with E-state index in [1.165, 1.54) is 18.0 Å². The van der Waals surface area contributed by atoms with Crippen molar-refractivity contribution in [2.45, 2.75) is 18.4 Å². The molecule has 1 unspecified atom stereocenters. The Labute approximate surface area is 153 Å². The molecule has 0 aliphatic carbocycles. The predicted octanol–water partition coefficient (Wildman–Crippen LogP) is -0.432. The average molecular weight is 401 g/mol. The first-order valence-corrected chi connectivity index (χ1v) is 9.88. The van der Waals surface area contributed by atoms with E-state index in [2.05, 4.69) is 21.5 Å². The van der Waals surface area contributed by atoms with E-state index in [9.17, 15) is 19.4 Å². The molecular weight excluding hydrogens is 381 g/mol. The van der Waals surface area contributed by atoms with Gasteiger partial charge in [-0.2, -0.15) is 4.98 Å². The van der Waals surface area contributed by atoms with Crippen molar-refractivity contribution in [2.75, 3.05) is 26.1 Å². The van der Waals surface area contributed by atoms with Gasteiger partial charge < -0.3 is 29.7 Å². The molecule has 3 heterocycles. The molecule has 1 aliphatic heterocycles. The molecule has 1 aliphatic rings. The van der Waals surface area contributed by atoms with Crippen LogP contribution in [0.3, 0.4) is 0 Å². The third-order valence-electron chi connectivity index (χ3n) is 4.21. The van der Waals surface area contributed by atoms with Gasteiger partial charge in [0.25, 0.3) is 5.56 Å². The van der Waals surface area contributed by atoms with Crippen LogP contribution >= 0.6 is 7.60 Å². The summed E-state index contributed by atoms with van der Waals surface area (Å²) in [6.45, 7) is 4.50. The molecule has 12 nitrogen and oxygen atoms in total. The lowest BCUT2D eigenvalue weighted by Gasteiger charge is -2.21. The molecule has 0 aromatic carbocycles. The van der Waals surface area contributed by atoms with Crippen LogP contribution in [-0.2, 0) is 18.6 Å². The number of nitrogen functional groups attached to an aromatic ring is 1. The summed E-state index contributed by atoms with van der Waals surface area (Å²) in [6, 6.07) is 0. The SMILES string of the molecule is C=C(OC)[C@H]1[C@@H](O)[C@H](n2cnc3c(=O)[nH]c(N)nc32)O[C@@H]1COP(C)(=O)O. The highest BCUT2D eigenvalue weighted by Crippen LogP contribution is 2.42. The Morgan fingerprint density at radius 1 is 1.59 bits per heavy atom. The molecule has 0 bridgehead atoms. The van der Waals surface area contributed by atoms with E-state index in [1.54, 1.807) is 0 Å². The highest BCUT2D eigenvalue weighted by Gasteiger charge is 2.47. The smallest absolute Gasteiger partial charge is 0.325 e. The van der Waals surface area contributed by atoms with E-state index in [0.29, 0.717) is 0 Å². The first kappa shape index (κ1) is 19.5.